The topological polar surface area (TPSA) is 59.0 Å². The summed E-state index contributed by atoms with van der Waals surface area (Å²) < 4.78 is 1.89. The summed E-state index contributed by atoms with van der Waals surface area (Å²) in [5, 5.41) is 10.9. The minimum Gasteiger partial charge on any atom is -0.356 e. The van der Waals surface area contributed by atoms with Gasteiger partial charge in [-0.15, -0.1) is 24.8 Å². The molecule has 2 unspecified atom stereocenters. The maximum Gasteiger partial charge on any atom is 0.223 e. The van der Waals surface area contributed by atoms with Crippen molar-refractivity contribution in [2.24, 2.45) is 18.9 Å². The molecule has 0 radical (unpaired) electrons. The van der Waals surface area contributed by atoms with E-state index in [1.807, 2.05) is 25.6 Å². The van der Waals surface area contributed by atoms with E-state index in [9.17, 15) is 4.79 Å². The van der Waals surface area contributed by atoms with E-state index in [1.165, 1.54) is 12.0 Å². The molecule has 0 aromatic carbocycles. The second-order valence-corrected chi connectivity index (χ2v) is 6.32. The Morgan fingerprint density at radius 1 is 1.43 bits per heavy atom. The highest BCUT2D eigenvalue weighted by Crippen LogP contribution is 2.17. The van der Waals surface area contributed by atoms with E-state index in [0.29, 0.717) is 0 Å². The Morgan fingerprint density at radius 3 is 2.65 bits per heavy atom. The molecule has 1 saturated heterocycles. The fourth-order valence-corrected chi connectivity index (χ4v) is 3.05. The van der Waals surface area contributed by atoms with Crippen molar-refractivity contribution < 1.29 is 4.79 Å². The fraction of sp³-hybridized carbons (Fsp3) is 0.750. The number of nitrogens with zero attached hydrogens (tertiary/aromatic N) is 2. The number of hydrogen-bond acceptors (Lipinski definition) is 3. The molecule has 2 rings (SSSR count). The van der Waals surface area contributed by atoms with Gasteiger partial charge in [0.15, 0.2) is 0 Å². The highest BCUT2D eigenvalue weighted by molar-refractivity contribution is 5.85. The van der Waals surface area contributed by atoms with Gasteiger partial charge >= 0.3 is 0 Å². The van der Waals surface area contributed by atoms with E-state index in [4.69, 9.17) is 0 Å². The van der Waals surface area contributed by atoms with Gasteiger partial charge in [-0.3, -0.25) is 9.48 Å². The van der Waals surface area contributed by atoms with Gasteiger partial charge < -0.3 is 10.6 Å². The first kappa shape index (κ1) is 22.2. The first-order valence-electron chi connectivity index (χ1n) is 7.96. The molecule has 1 aromatic rings. The van der Waals surface area contributed by atoms with E-state index < -0.39 is 0 Å². The van der Waals surface area contributed by atoms with Crippen LogP contribution in [0.4, 0.5) is 0 Å². The van der Waals surface area contributed by atoms with Gasteiger partial charge in [0.1, 0.15) is 0 Å². The first-order chi connectivity index (χ1) is 9.99. The summed E-state index contributed by atoms with van der Waals surface area (Å²) in [7, 11) is 1.95. The zero-order chi connectivity index (χ0) is 15.4. The van der Waals surface area contributed by atoms with Gasteiger partial charge in [0.25, 0.3) is 0 Å². The summed E-state index contributed by atoms with van der Waals surface area (Å²) >= 11 is 0. The van der Waals surface area contributed by atoms with Gasteiger partial charge in [-0.1, -0.05) is 6.92 Å². The minimum atomic E-state index is -0.00620. The molecule has 134 valence electrons. The Kier molecular flexibility index (Phi) is 9.82. The maximum absolute atomic E-state index is 12.2. The molecule has 7 heteroatoms. The third kappa shape index (κ3) is 5.98. The quantitative estimate of drug-likeness (QED) is 0.812. The number of hydrogen-bond donors (Lipinski definition) is 2. The van der Waals surface area contributed by atoms with Crippen LogP contribution in [0.3, 0.4) is 0 Å². The van der Waals surface area contributed by atoms with Crippen molar-refractivity contribution in [3.8, 4) is 0 Å². The van der Waals surface area contributed by atoms with Crippen LogP contribution in [0.5, 0.6) is 0 Å². The summed E-state index contributed by atoms with van der Waals surface area (Å²) in [6, 6.07) is 0. The molecule has 2 heterocycles. The first-order valence-corrected chi connectivity index (χ1v) is 7.96. The Bertz CT molecular complexity index is 499. The summed E-state index contributed by atoms with van der Waals surface area (Å²) in [5.74, 6) is 0.875. The number of nitrogens with one attached hydrogen (secondary N) is 2. The minimum absolute atomic E-state index is 0. The average Bonchev–Trinajstić information content (AvgIpc) is 3.03. The Hall–Kier alpha value is -0.780. The van der Waals surface area contributed by atoms with E-state index >= 15 is 0 Å². The van der Waals surface area contributed by atoms with Crippen LogP contribution in [0.25, 0.3) is 0 Å². The summed E-state index contributed by atoms with van der Waals surface area (Å²) in [5.41, 5.74) is 3.40. The average molecular weight is 365 g/mol. The van der Waals surface area contributed by atoms with Gasteiger partial charge in [0.2, 0.25) is 5.91 Å². The lowest BCUT2D eigenvalue weighted by atomic mass is 9.98. The maximum atomic E-state index is 12.2. The van der Waals surface area contributed by atoms with E-state index in [1.54, 1.807) is 0 Å². The molecule has 1 aliphatic heterocycles. The van der Waals surface area contributed by atoms with Gasteiger partial charge in [0.05, 0.1) is 5.69 Å². The van der Waals surface area contributed by atoms with Crippen molar-refractivity contribution in [3.63, 3.8) is 0 Å². The van der Waals surface area contributed by atoms with Crippen LogP contribution in [0.2, 0.25) is 0 Å². The molecule has 2 atom stereocenters. The number of rotatable bonds is 6. The van der Waals surface area contributed by atoms with Crippen LogP contribution in [-0.4, -0.2) is 35.3 Å². The molecule has 1 aromatic heterocycles. The van der Waals surface area contributed by atoms with Gasteiger partial charge in [-0.25, -0.2) is 0 Å². The molecule has 0 saturated carbocycles. The van der Waals surface area contributed by atoms with Crippen molar-refractivity contribution in [2.45, 2.75) is 40.0 Å². The number of halogens is 2. The lowest BCUT2D eigenvalue weighted by Crippen LogP contribution is -2.32. The van der Waals surface area contributed by atoms with Crippen molar-refractivity contribution >= 4 is 30.7 Å². The van der Waals surface area contributed by atoms with E-state index in [-0.39, 0.29) is 36.6 Å². The Balaban J connectivity index is 0.00000242. The summed E-state index contributed by atoms with van der Waals surface area (Å²) in [4.78, 5) is 12.2. The van der Waals surface area contributed by atoms with Crippen LogP contribution in [0.15, 0.2) is 0 Å². The molecule has 0 aliphatic carbocycles. The van der Waals surface area contributed by atoms with Crippen LogP contribution in [0.1, 0.15) is 36.7 Å². The summed E-state index contributed by atoms with van der Waals surface area (Å²) in [6.07, 6.45) is 3.08. The molecular weight excluding hydrogens is 335 g/mol. The van der Waals surface area contributed by atoms with E-state index in [2.05, 4.69) is 22.7 Å². The fourth-order valence-electron chi connectivity index (χ4n) is 3.05. The Morgan fingerprint density at radius 2 is 2.13 bits per heavy atom. The smallest absolute Gasteiger partial charge is 0.223 e. The number of amides is 1. The second-order valence-electron chi connectivity index (χ2n) is 6.32. The molecule has 1 aliphatic rings. The second kappa shape index (κ2) is 10.2. The predicted octanol–water partition coefficient (Wildman–Crippen LogP) is 2.17. The number of aromatic nitrogens is 2. The number of aryl methyl sites for hydroxylation is 2. The van der Waals surface area contributed by atoms with Crippen LogP contribution in [0, 0.1) is 25.7 Å². The zero-order valence-corrected chi connectivity index (χ0v) is 16.1. The third-order valence-electron chi connectivity index (χ3n) is 4.63. The largest absolute Gasteiger partial charge is 0.356 e. The van der Waals surface area contributed by atoms with Gasteiger partial charge in [0, 0.05) is 25.2 Å². The highest BCUT2D eigenvalue weighted by Gasteiger charge is 2.19. The molecule has 5 nitrogen and oxygen atoms in total. The predicted molar refractivity (Wildman–Crippen MR) is 98.6 cm³/mol. The molecule has 23 heavy (non-hydrogen) atoms. The molecular formula is C16H30Cl2N4O. The summed E-state index contributed by atoms with van der Waals surface area (Å²) in [6.45, 7) is 9.08. The zero-order valence-electron chi connectivity index (χ0n) is 14.5. The standard InChI is InChI=1S/C16H28N4O.2ClH/c1-11(9-15-12(2)19-20(4)13(15)3)16(21)18-8-6-14-5-7-17-10-14;;/h11,14,17H,5-10H2,1-4H3,(H,18,21);2*1H. The van der Waals surface area contributed by atoms with Crippen molar-refractivity contribution in [1.29, 1.82) is 0 Å². The Labute approximate surface area is 151 Å². The number of carbonyl (C=O) groups is 1. The van der Waals surface area contributed by atoms with Gasteiger partial charge in [-0.2, -0.15) is 5.10 Å². The molecule has 0 bridgehead atoms. The lowest BCUT2D eigenvalue weighted by Gasteiger charge is -2.14. The van der Waals surface area contributed by atoms with Crippen molar-refractivity contribution in [2.75, 3.05) is 19.6 Å². The van der Waals surface area contributed by atoms with Gasteiger partial charge in [-0.05, 0) is 57.7 Å². The van der Waals surface area contributed by atoms with Crippen molar-refractivity contribution in [1.82, 2.24) is 20.4 Å². The molecule has 0 spiro atoms. The third-order valence-corrected chi connectivity index (χ3v) is 4.63. The monoisotopic (exact) mass is 364 g/mol. The number of carbonyl (C=O) groups excluding carboxylic acids is 1. The SMILES string of the molecule is Cc1nn(C)c(C)c1CC(C)C(=O)NCCC1CCNC1.Cl.Cl. The molecule has 1 amide bonds. The van der Waals surface area contributed by atoms with Crippen LogP contribution in [-0.2, 0) is 18.3 Å². The van der Waals surface area contributed by atoms with Crippen molar-refractivity contribution in [3.05, 3.63) is 17.0 Å². The highest BCUT2D eigenvalue weighted by atomic mass is 35.5. The molecule has 1 fully saturated rings. The normalized spacial score (nSPS) is 18.0. The van der Waals surface area contributed by atoms with Crippen LogP contribution >= 0.6 is 24.8 Å². The van der Waals surface area contributed by atoms with E-state index in [0.717, 1.165) is 49.8 Å². The van der Waals surface area contributed by atoms with Crippen LogP contribution < -0.4 is 10.6 Å². The lowest BCUT2D eigenvalue weighted by molar-refractivity contribution is -0.124. The molecule has 2 N–H and O–H groups in total.